The molecule has 1 aliphatic rings. The van der Waals surface area contributed by atoms with Gasteiger partial charge >= 0.3 is 0 Å². The third-order valence-corrected chi connectivity index (χ3v) is 3.81. The molecule has 114 valence electrons. The maximum absolute atomic E-state index is 4.22. The molecule has 0 spiro atoms. The van der Waals surface area contributed by atoms with E-state index in [0.29, 0.717) is 12.1 Å². The lowest BCUT2D eigenvalue weighted by Crippen LogP contribution is -2.35. The Bertz CT molecular complexity index is 395. The van der Waals surface area contributed by atoms with E-state index in [1.54, 1.807) is 0 Å². The van der Waals surface area contributed by atoms with Crippen molar-refractivity contribution in [1.82, 2.24) is 25.2 Å². The van der Waals surface area contributed by atoms with Crippen LogP contribution in [-0.2, 0) is 13.1 Å². The second kappa shape index (κ2) is 7.18. The molecule has 1 aromatic heterocycles. The van der Waals surface area contributed by atoms with Gasteiger partial charge in [-0.25, -0.2) is 0 Å². The Morgan fingerprint density at radius 3 is 2.70 bits per heavy atom. The molecule has 5 nitrogen and oxygen atoms in total. The highest BCUT2D eigenvalue weighted by Gasteiger charge is 2.25. The first kappa shape index (κ1) is 15.4. The highest BCUT2D eigenvalue weighted by atomic mass is 15.4. The number of nitrogens with zero attached hydrogens (tertiary/aromatic N) is 4. The average Bonchev–Trinajstić information content (AvgIpc) is 3.09. The molecule has 1 saturated carbocycles. The Morgan fingerprint density at radius 1 is 1.35 bits per heavy atom. The molecular formula is C15H29N5. The molecule has 1 aliphatic carbocycles. The predicted molar refractivity (Wildman–Crippen MR) is 81.4 cm³/mol. The van der Waals surface area contributed by atoms with Crippen LogP contribution in [0.4, 0.5) is 0 Å². The van der Waals surface area contributed by atoms with E-state index in [-0.39, 0.29) is 0 Å². The lowest BCUT2D eigenvalue weighted by molar-refractivity contribution is 0.201. The molecule has 2 rings (SSSR count). The van der Waals surface area contributed by atoms with Crippen molar-refractivity contribution in [3.63, 3.8) is 0 Å². The summed E-state index contributed by atoms with van der Waals surface area (Å²) in [6, 6.07) is 1.09. The van der Waals surface area contributed by atoms with Gasteiger partial charge in [0, 0.05) is 37.9 Å². The van der Waals surface area contributed by atoms with E-state index in [4.69, 9.17) is 0 Å². The Hall–Kier alpha value is -0.940. The summed E-state index contributed by atoms with van der Waals surface area (Å²) in [5.41, 5.74) is 1.02. The van der Waals surface area contributed by atoms with Gasteiger partial charge in [0.05, 0.1) is 12.2 Å². The standard InChI is InChI=1S/C15H29N5/c1-12(2)16-9-15-11-20(18-17-15)8-7-19(13(3)4)10-14-5-6-14/h11-14,16H,5-10H2,1-4H3. The number of hydrogen-bond acceptors (Lipinski definition) is 4. The first-order valence-electron chi connectivity index (χ1n) is 7.91. The molecule has 1 aromatic rings. The maximum Gasteiger partial charge on any atom is 0.0964 e. The van der Waals surface area contributed by atoms with Crippen LogP contribution in [0.1, 0.15) is 46.2 Å². The predicted octanol–water partition coefficient (Wildman–Crippen LogP) is 1.90. The van der Waals surface area contributed by atoms with E-state index in [1.165, 1.54) is 19.4 Å². The van der Waals surface area contributed by atoms with Gasteiger partial charge < -0.3 is 5.32 Å². The molecule has 0 amide bonds. The molecule has 0 aliphatic heterocycles. The van der Waals surface area contributed by atoms with E-state index in [0.717, 1.165) is 31.2 Å². The number of nitrogens with one attached hydrogen (secondary N) is 1. The second-order valence-electron chi connectivity index (χ2n) is 6.54. The summed E-state index contributed by atoms with van der Waals surface area (Å²) in [6.07, 6.45) is 4.89. The fraction of sp³-hybridized carbons (Fsp3) is 0.867. The first-order chi connectivity index (χ1) is 9.54. The van der Waals surface area contributed by atoms with Gasteiger partial charge in [-0.3, -0.25) is 9.58 Å². The summed E-state index contributed by atoms with van der Waals surface area (Å²) in [5, 5.41) is 11.8. The quantitative estimate of drug-likeness (QED) is 0.750. The van der Waals surface area contributed by atoms with Crippen LogP contribution in [0.2, 0.25) is 0 Å². The van der Waals surface area contributed by atoms with Crippen LogP contribution >= 0.6 is 0 Å². The van der Waals surface area contributed by atoms with Crippen LogP contribution in [0.5, 0.6) is 0 Å². The smallest absolute Gasteiger partial charge is 0.0964 e. The summed E-state index contributed by atoms with van der Waals surface area (Å²) >= 11 is 0. The van der Waals surface area contributed by atoms with Crippen molar-refractivity contribution in [2.75, 3.05) is 13.1 Å². The van der Waals surface area contributed by atoms with Gasteiger partial charge in [0.1, 0.15) is 0 Å². The molecule has 20 heavy (non-hydrogen) atoms. The zero-order chi connectivity index (χ0) is 14.5. The van der Waals surface area contributed by atoms with Gasteiger partial charge in [0.25, 0.3) is 0 Å². The topological polar surface area (TPSA) is 46.0 Å². The fourth-order valence-electron chi connectivity index (χ4n) is 2.26. The van der Waals surface area contributed by atoms with Crippen LogP contribution in [0, 0.1) is 5.92 Å². The lowest BCUT2D eigenvalue weighted by atomic mass is 10.2. The van der Waals surface area contributed by atoms with Crippen LogP contribution in [0.3, 0.4) is 0 Å². The summed E-state index contributed by atoms with van der Waals surface area (Å²) < 4.78 is 1.97. The van der Waals surface area contributed by atoms with E-state index < -0.39 is 0 Å². The zero-order valence-electron chi connectivity index (χ0n) is 13.3. The molecule has 0 bridgehead atoms. The fourth-order valence-corrected chi connectivity index (χ4v) is 2.26. The van der Waals surface area contributed by atoms with Crippen LogP contribution in [0.25, 0.3) is 0 Å². The van der Waals surface area contributed by atoms with Crippen molar-refractivity contribution in [3.8, 4) is 0 Å². The highest BCUT2D eigenvalue weighted by Crippen LogP contribution is 2.30. The molecule has 1 N–H and O–H groups in total. The van der Waals surface area contributed by atoms with Crippen LogP contribution in [0.15, 0.2) is 6.20 Å². The Morgan fingerprint density at radius 2 is 2.10 bits per heavy atom. The van der Waals surface area contributed by atoms with Crippen molar-refractivity contribution >= 4 is 0 Å². The van der Waals surface area contributed by atoms with E-state index in [2.05, 4.69) is 54.4 Å². The summed E-state index contributed by atoms with van der Waals surface area (Å²) in [7, 11) is 0. The average molecular weight is 279 g/mol. The molecule has 5 heteroatoms. The van der Waals surface area contributed by atoms with E-state index in [1.807, 2.05) is 4.68 Å². The monoisotopic (exact) mass is 279 g/mol. The van der Waals surface area contributed by atoms with E-state index in [9.17, 15) is 0 Å². The minimum atomic E-state index is 0.482. The number of hydrogen-bond donors (Lipinski definition) is 1. The summed E-state index contributed by atoms with van der Waals surface area (Å²) in [6.45, 7) is 12.9. The molecule has 1 fully saturated rings. The molecule has 0 saturated heterocycles. The summed E-state index contributed by atoms with van der Waals surface area (Å²) in [5.74, 6) is 0.943. The molecule has 0 radical (unpaired) electrons. The van der Waals surface area contributed by atoms with Gasteiger partial charge in [-0.2, -0.15) is 0 Å². The SMILES string of the molecule is CC(C)NCc1cn(CCN(CC2CC2)C(C)C)nn1. The third-order valence-electron chi connectivity index (χ3n) is 3.81. The van der Waals surface area contributed by atoms with Crippen molar-refractivity contribution in [2.45, 2.75) is 65.7 Å². The van der Waals surface area contributed by atoms with Crippen molar-refractivity contribution in [3.05, 3.63) is 11.9 Å². The molecule has 0 unspecified atom stereocenters. The van der Waals surface area contributed by atoms with Crippen molar-refractivity contribution in [1.29, 1.82) is 0 Å². The van der Waals surface area contributed by atoms with Crippen LogP contribution < -0.4 is 5.32 Å². The van der Waals surface area contributed by atoms with Gasteiger partial charge in [-0.1, -0.05) is 19.1 Å². The molecule has 1 heterocycles. The van der Waals surface area contributed by atoms with Crippen LogP contribution in [-0.4, -0.2) is 45.1 Å². The zero-order valence-corrected chi connectivity index (χ0v) is 13.3. The largest absolute Gasteiger partial charge is 0.309 e. The van der Waals surface area contributed by atoms with Gasteiger partial charge in [-0.15, -0.1) is 5.10 Å². The van der Waals surface area contributed by atoms with Gasteiger partial charge in [0.15, 0.2) is 0 Å². The minimum Gasteiger partial charge on any atom is -0.309 e. The number of rotatable bonds is 9. The second-order valence-corrected chi connectivity index (χ2v) is 6.54. The van der Waals surface area contributed by atoms with Crippen molar-refractivity contribution < 1.29 is 0 Å². The number of aromatic nitrogens is 3. The normalized spacial score (nSPS) is 15.8. The minimum absolute atomic E-state index is 0.482. The Labute approximate surface area is 122 Å². The Kier molecular flexibility index (Phi) is 5.54. The first-order valence-corrected chi connectivity index (χ1v) is 7.91. The van der Waals surface area contributed by atoms with Crippen molar-refractivity contribution in [2.24, 2.45) is 5.92 Å². The van der Waals surface area contributed by atoms with E-state index >= 15 is 0 Å². The lowest BCUT2D eigenvalue weighted by Gasteiger charge is -2.26. The van der Waals surface area contributed by atoms with Gasteiger partial charge in [0.2, 0.25) is 0 Å². The molecule has 0 aromatic carbocycles. The van der Waals surface area contributed by atoms with Gasteiger partial charge in [-0.05, 0) is 32.6 Å². The highest BCUT2D eigenvalue weighted by molar-refractivity contribution is 4.92. The summed E-state index contributed by atoms with van der Waals surface area (Å²) in [4.78, 5) is 2.56. The third kappa shape index (κ3) is 5.21. The molecule has 0 atom stereocenters. The maximum atomic E-state index is 4.22. The Balaban J connectivity index is 1.76. The molecular weight excluding hydrogens is 250 g/mol.